The van der Waals surface area contributed by atoms with Crippen LogP contribution in [0.5, 0.6) is 0 Å². The molecule has 1 unspecified atom stereocenters. The van der Waals surface area contributed by atoms with Gasteiger partial charge in [-0.05, 0) is 6.42 Å². The number of alkyl halides is 1. The van der Waals surface area contributed by atoms with Gasteiger partial charge in [0.15, 0.2) is 5.60 Å². The maximum absolute atomic E-state index is 9.14. The van der Waals surface area contributed by atoms with Gasteiger partial charge in [-0.3, -0.25) is 0 Å². The van der Waals surface area contributed by atoms with E-state index in [-0.39, 0.29) is 5.88 Å². The molecule has 52 valence electrons. The van der Waals surface area contributed by atoms with Gasteiger partial charge >= 0.3 is 0 Å². The summed E-state index contributed by atoms with van der Waals surface area (Å²) in [7, 11) is 0. The molecule has 1 atom stereocenters. The highest BCUT2D eigenvalue weighted by Crippen LogP contribution is 2.12. The van der Waals surface area contributed by atoms with Crippen molar-refractivity contribution in [2.45, 2.75) is 25.4 Å². The third-order valence-corrected chi connectivity index (χ3v) is 1.53. The van der Waals surface area contributed by atoms with Gasteiger partial charge in [-0.25, -0.2) is 0 Å². The van der Waals surface area contributed by atoms with E-state index in [1.54, 1.807) is 6.07 Å². The van der Waals surface area contributed by atoms with Crippen LogP contribution >= 0.6 is 11.6 Å². The van der Waals surface area contributed by atoms with Gasteiger partial charge in [0.1, 0.15) is 0 Å². The van der Waals surface area contributed by atoms with Gasteiger partial charge in [-0.2, -0.15) is 5.26 Å². The Labute approximate surface area is 60.1 Å². The summed E-state index contributed by atoms with van der Waals surface area (Å²) in [5, 5.41) is 17.5. The van der Waals surface area contributed by atoms with Crippen molar-refractivity contribution in [3.05, 3.63) is 0 Å². The molecule has 0 aromatic rings. The lowest BCUT2D eigenvalue weighted by atomic mass is 10.0. The molecule has 0 aromatic heterocycles. The van der Waals surface area contributed by atoms with E-state index in [1.807, 2.05) is 6.92 Å². The Morgan fingerprint density at radius 3 is 2.44 bits per heavy atom. The Morgan fingerprint density at radius 2 is 2.33 bits per heavy atom. The monoisotopic (exact) mass is 147 g/mol. The topological polar surface area (TPSA) is 44.0 Å². The average Bonchev–Trinajstić information content (AvgIpc) is 1.89. The largest absolute Gasteiger partial charge is 0.374 e. The molecule has 0 radical (unpaired) electrons. The molecule has 9 heavy (non-hydrogen) atoms. The second-order valence-electron chi connectivity index (χ2n) is 2.03. The lowest BCUT2D eigenvalue weighted by Crippen LogP contribution is -2.27. The van der Waals surface area contributed by atoms with E-state index in [9.17, 15) is 0 Å². The molecule has 0 fully saturated rings. The van der Waals surface area contributed by atoms with Crippen LogP contribution in [0.1, 0.15) is 19.8 Å². The van der Waals surface area contributed by atoms with Crippen LogP contribution in [0.2, 0.25) is 0 Å². The van der Waals surface area contributed by atoms with E-state index in [2.05, 4.69) is 0 Å². The third-order valence-electron chi connectivity index (χ3n) is 1.09. The number of halogens is 1. The lowest BCUT2D eigenvalue weighted by molar-refractivity contribution is 0.112. The highest BCUT2D eigenvalue weighted by Gasteiger charge is 2.23. The fraction of sp³-hybridized carbons (Fsp3) is 0.833. The molecule has 0 saturated carbocycles. The Morgan fingerprint density at radius 1 is 1.78 bits per heavy atom. The van der Waals surface area contributed by atoms with Gasteiger partial charge in [0.2, 0.25) is 0 Å². The third kappa shape index (κ3) is 2.69. The number of nitriles is 1. The van der Waals surface area contributed by atoms with Crippen LogP contribution in [0.25, 0.3) is 0 Å². The molecule has 2 nitrogen and oxygen atoms in total. The van der Waals surface area contributed by atoms with Gasteiger partial charge in [-0.15, -0.1) is 11.6 Å². The zero-order chi connectivity index (χ0) is 7.33. The van der Waals surface area contributed by atoms with Crippen LogP contribution in [0.15, 0.2) is 0 Å². The van der Waals surface area contributed by atoms with Crippen molar-refractivity contribution in [1.29, 1.82) is 5.26 Å². The molecule has 1 N–H and O–H groups in total. The maximum atomic E-state index is 9.14. The Balaban J connectivity index is 3.81. The van der Waals surface area contributed by atoms with E-state index < -0.39 is 5.60 Å². The molecule has 0 amide bonds. The molecule has 0 aliphatic carbocycles. The minimum Gasteiger partial charge on any atom is -0.374 e. The normalized spacial score (nSPS) is 16.2. The molecular weight excluding hydrogens is 138 g/mol. The standard InChI is InChI=1S/C6H10ClNO/c1-2-3-6(9,4-7)5-8/h9H,2-4H2,1H3. The fourth-order valence-electron chi connectivity index (χ4n) is 0.566. The first-order valence-electron chi connectivity index (χ1n) is 2.88. The summed E-state index contributed by atoms with van der Waals surface area (Å²) in [4.78, 5) is 0. The van der Waals surface area contributed by atoms with Crippen LogP contribution in [-0.4, -0.2) is 16.6 Å². The van der Waals surface area contributed by atoms with E-state index in [0.29, 0.717) is 6.42 Å². The van der Waals surface area contributed by atoms with E-state index >= 15 is 0 Å². The Hall–Kier alpha value is -0.260. The predicted molar refractivity (Wildman–Crippen MR) is 36.2 cm³/mol. The first kappa shape index (κ1) is 8.74. The van der Waals surface area contributed by atoms with Crippen LogP contribution in [0.3, 0.4) is 0 Å². The number of rotatable bonds is 3. The van der Waals surface area contributed by atoms with Crippen molar-refractivity contribution in [3.8, 4) is 6.07 Å². The van der Waals surface area contributed by atoms with Crippen molar-refractivity contribution in [1.82, 2.24) is 0 Å². The fourth-order valence-corrected chi connectivity index (χ4v) is 0.760. The second kappa shape index (κ2) is 3.71. The van der Waals surface area contributed by atoms with Gasteiger partial charge in [-0.1, -0.05) is 13.3 Å². The van der Waals surface area contributed by atoms with E-state index in [1.165, 1.54) is 0 Å². The summed E-state index contributed by atoms with van der Waals surface area (Å²) >= 11 is 5.32. The number of hydrogen-bond acceptors (Lipinski definition) is 2. The Bertz CT molecular complexity index is 121. The van der Waals surface area contributed by atoms with Gasteiger partial charge in [0, 0.05) is 0 Å². The van der Waals surface area contributed by atoms with Crippen molar-refractivity contribution in [2.24, 2.45) is 0 Å². The highest BCUT2D eigenvalue weighted by atomic mass is 35.5. The summed E-state index contributed by atoms with van der Waals surface area (Å²) in [5.74, 6) is -0.00264. The SMILES string of the molecule is CCCC(O)(C#N)CCl. The summed E-state index contributed by atoms with van der Waals surface area (Å²) in [6.45, 7) is 1.90. The van der Waals surface area contributed by atoms with Crippen molar-refractivity contribution in [3.63, 3.8) is 0 Å². The summed E-state index contributed by atoms with van der Waals surface area (Å²) in [5.41, 5.74) is -1.30. The minimum atomic E-state index is -1.30. The smallest absolute Gasteiger partial charge is 0.164 e. The molecule has 0 aliphatic heterocycles. The highest BCUT2D eigenvalue weighted by molar-refractivity contribution is 6.18. The van der Waals surface area contributed by atoms with Crippen molar-refractivity contribution in [2.75, 3.05) is 5.88 Å². The summed E-state index contributed by atoms with van der Waals surface area (Å²) < 4.78 is 0. The predicted octanol–water partition coefficient (Wildman–Crippen LogP) is 1.28. The molecule has 0 aliphatic rings. The number of nitrogens with zero attached hydrogens (tertiary/aromatic N) is 1. The molecule has 0 spiro atoms. The van der Waals surface area contributed by atoms with Crippen molar-refractivity contribution < 1.29 is 5.11 Å². The zero-order valence-electron chi connectivity index (χ0n) is 5.39. The first-order valence-corrected chi connectivity index (χ1v) is 3.41. The molecule has 0 bridgehead atoms. The summed E-state index contributed by atoms with van der Waals surface area (Å²) in [6, 6.07) is 1.75. The zero-order valence-corrected chi connectivity index (χ0v) is 6.15. The number of aliphatic hydroxyl groups is 1. The summed E-state index contributed by atoms with van der Waals surface area (Å²) in [6.07, 6.45) is 1.23. The average molecular weight is 148 g/mol. The van der Waals surface area contributed by atoms with Crippen LogP contribution in [0, 0.1) is 11.3 Å². The second-order valence-corrected chi connectivity index (χ2v) is 2.29. The Kier molecular flexibility index (Phi) is 3.60. The van der Waals surface area contributed by atoms with Crippen LogP contribution < -0.4 is 0 Å². The maximum Gasteiger partial charge on any atom is 0.164 e. The van der Waals surface area contributed by atoms with Crippen molar-refractivity contribution >= 4 is 11.6 Å². The van der Waals surface area contributed by atoms with Gasteiger partial charge < -0.3 is 5.11 Å². The van der Waals surface area contributed by atoms with Gasteiger partial charge in [0.25, 0.3) is 0 Å². The molecule has 0 aromatic carbocycles. The van der Waals surface area contributed by atoms with E-state index in [0.717, 1.165) is 6.42 Å². The van der Waals surface area contributed by atoms with Crippen LogP contribution in [0.4, 0.5) is 0 Å². The van der Waals surface area contributed by atoms with Crippen LogP contribution in [-0.2, 0) is 0 Å². The molecule has 0 rings (SSSR count). The van der Waals surface area contributed by atoms with Gasteiger partial charge in [0.05, 0.1) is 11.9 Å². The van der Waals surface area contributed by atoms with E-state index in [4.69, 9.17) is 22.0 Å². The lowest BCUT2D eigenvalue weighted by Gasteiger charge is -2.14. The molecular formula is C6H10ClNO. The quantitative estimate of drug-likeness (QED) is 0.483. The molecule has 0 heterocycles. The number of hydrogen-bond donors (Lipinski definition) is 1. The first-order chi connectivity index (χ1) is 4.18. The minimum absolute atomic E-state index is 0.00264. The molecule has 3 heteroatoms. The molecule has 0 saturated heterocycles.